The molecule has 29 heavy (non-hydrogen) atoms. The molecule has 0 aromatic heterocycles. The number of ether oxygens (including phenoxy) is 3. The van der Waals surface area contributed by atoms with Crippen molar-refractivity contribution in [2.45, 2.75) is 82.6 Å². The van der Waals surface area contributed by atoms with Crippen LogP contribution < -0.4 is 0 Å². The van der Waals surface area contributed by atoms with Crippen LogP contribution in [0.1, 0.15) is 52.0 Å². The van der Waals surface area contributed by atoms with E-state index < -0.39 is 29.6 Å². The Hall–Kier alpha value is -1.09. The Morgan fingerprint density at radius 2 is 1.97 bits per heavy atom. The molecule has 0 amide bonds. The Bertz CT molecular complexity index is 786. The average molecular weight is 408 g/mol. The van der Waals surface area contributed by atoms with Gasteiger partial charge in [-0.2, -0.15) is 0 Å². The first kappa shape index (κ1) is 19.8. The van der Waals surface area contributed by atoms with Crippen LogP contribution in [0.3, 0.4) is 0 Å². The number of aliphatic hydroxyl groups is 1. The van der Waals surface area contributed by atoms with Gasteiger partial charge in [0.2, 0.25) is 5.79 Å². The van der Waals surface area contributed by atoms with Crippen molar-refractivity contribution >= 4 is 0 Å². The van der Waals surface area contributed by atoms with Gasteiger partial charge in [0.05, 0.1) is 6.61 Å². The minimum atomic E-state index is -1.34. The fraction of sp³-hybridized carbons (Fsp3) is 0.727. The maximum absolute atomic E-state index is 14.0. The minimum Gasteiger partial charge on any atom is -0.384 e. The zero-order chi connectivity index (χ0) is 20.4. The Morgan fingerprint density at radius 1 is 1.17 bits per heavy atom. The highest BCUT2D eigenvalue weighted by molar-refractivity contribution is 5.17. The molecule has 1 saturated carbocycles. The SMILES string of the molecule is C[C@@H]1CC[C@H]2[C@@](C)(O)[C@@H](OCc3ccccc3F)O[C@@H]3O[C@@]4(C)CC[C@@H]1[C@]32OO4. The molecule has 4 heterocycles. The van der Waals surface area contributed by atoms with Crippen LogP contribution in [-0.4, -0.2) is 34.7 Å². The molecule has 1 aromatic carbocycles. The maximum Gasteiger partial charge on any atom is 0.201 e. The summed E-state index contributed by atoms with van der Waals surface area (Å²) < 4.78 is 32.4. The molecule has 2 bridgehead atoms. The predicted molar refractivity (Wildman–Crippen MR) is 99.5 cm³/mol. The van der Waals surface area contributed by atoms with Gasteiger partial charge in [0, 0.05) is 17.9 Å². The summed E-state index contributed by atoms with van der Waals surface area (Å²) in [6.45, 7) is 5.77. The van der Waals surface area contributed by atoms with Gasteiger partial charge in [0.25, 0.3) is 0 Å². The van der Waals surface area contributed by atoms with E-state index in [0.717, 1.165) is 19.3 Å². The van der Waals surface area contributed by atoms with Crippen LogP contribution in [0, 0.1) is 23.6 Å². The lowest BCUT2D eigenvalue weighted by atomic mass is 9.57. The maximum atomic E-state index is 14.0. The normalized spacial score (nSPS) is 48.8. The van der Waals surface area contributed by atoms with E-state index >= 15 is 0 Å². The molecule has 5 fully saturated rings. The van der Waals surface area contributed by atoms with Crippen LogP contribution >= 0.6 is 0 Å². The summed E-state index contributed by atoms with van der Waals surface area (Å²) in [6.07, 6.45) is 1.60. The van der Waals surface area contributed by atoms with E-state index in [1.54, 1.807) is 25.1 Å². The van der Waals surface area contributed by atoms with Crippen LogP contribution in [0.4, 0.5) is 4.39 Å². The highest BCUT2D eigenvalue weighted by atomic mass is 19.1. The van der Waals surface area contributed by atoms with Gasteiger partial charge in [-0.05, 0) is 51.0 Å². The number of benzene rings is 1. The van der Waals surface area contributed by atoms with E-state index in [1.165, 1.54) is 6.07 Å². The second-order valence-electron chi connectivity index (χ2n) is 9.45. The predicted octanol–water partition coefficient (Wildman–Crippen LogP) is 3.67. The second kappa shape index (κ2) is 6.70. The summed E-state index contributed by atoms with van der Waals surface area (Å²) in [4.78, 5) is 11.8. The Labute approximate surface area is 170 Å². The van der Waals surface area contributed by atoms with Crippen molar-refractivity contribution in [1.29, 1.82) is 0 Å². The highest BCUT2D eigenvalue weighted by Crippen LogP contribution is 2.61. The molecule has 1 aliphatic carbocycles. The van der Waals surface area contributed by atoms with Crippen LogP contribution in [0.15, 0.2) is 24.3 Å². The molecule has 1 N–H and O–H groups in total. The molecule has 0 radical (unpaired) electrons. The Kier molecular flexibility index (Phi) is 4.59. The van der Waals surface area contributed by atoms with Crippen molar-refractivity contribution in [3.05, 3.63) is 35.6 Å². The highest BCUT2D eigenvalue weighted by Gasteiger charge is 2.73. The summed E-state index contributed by atoms with van der Waals surface area (Å²) >= 11 is 0. The van der Waals surface area contributed by atoms with Gasteiger partial charge in [0.1, 0.15) is 11.4 Å². The molecule has 8 atom stereocenters. The van der Waals surface area contributed by atoms with Crippen molar-refractivity contribution < 1.29 is 33.5 Å². The van der Waals surface area contributed by atoms with Crippen LogP contribution in [0.25, 0.3) is 0 Å². The van der Waals surface area contributed by atoms with Crippen molar-refractivity contribution in [2.75, 3.05) is 0 Å². The monoisotopic (exact) mass is 408 g/mol. The van der Waals surface area contributed by atoms with E-state index in [0.29, 0.717) is 17.9 Å². The zero-order valence-corrected chi connectivity index (χ0v) is 17.1. The fourth-order valence-electron chi connectivity index (χ4n) is 5.87. The minimum absolute atomic E-state index is 0.00557. The smallest absolute Gasteiger partial charge is 0.201 e. The molecule has 0 unspecified atom stereocenters. The molecule has 5 aliphatic rings. The molecule has 4 saturated heterocycles. The third-order valence-corrected chi connectivity index (χ3v) is 7.50. The van der Waals surface area contributed by atoms with Crippen molar-refractivity contribution in [2.24, 2.45) is 17.8 Å². The molecule has 1 spiro atoms. The van der Waals surface area contributed by atoms with E-state index in [1.807, 2.05) is 6.92 Å². The summed E-state index contributed by atoms with van der Waals surface area (Å²) in [7, 11) is 0. The standard InChI is InChI=1S/C22H29FO6/c1-13-8-9-17-21(3,24)18(25-12-14-6-4-5-7-16(14)23)26-19-22(17)15(13)10-11-20(2,27-19)28-29-22/h4-7,13,15,17-19,24H,8-12H2,1-3H3/t13-,15+,17+,18+,19-,20-,21-,22-/m1/s1. The fourth-order valence-corrected chi connectivity index (χ4v) is 5.87. The average Bonchev–Trinajstić information content (AvgIpc) is 2.90. The number of fused-ring (bicyclic) bond motifs is 2. The van der Waals surface area contributed by atoms with E-state index in [-0.39, 0.29) is 24.3 Å². The molecule has 160 valence electrons. The lowest BCUT2D eigenvalue weighted by molar-refractivity contribution is -0.584. The molecule has 6 rings (SSSR count). The summed E-state index contributed by atoms with van der Waals surface area (Å²) in [6, 6.07) is 6.44. The molecule has 6 nitrogen and oxygen atoms in total. The lowest BCUT2D eigenvalue weighted by Gasteiger charge is -2.62. The van der Waals surface area contributed by atoms with Gasteiger partial charge in [-0.1, -0.05) is 25.1 Å². The molecule has 7 heteroatoms. The molecule has 1 aromatic rings. The summed E-state index contributed by atoms with van der Waals surface area (Å²) in [5.74, 6) is -0.981. The molecule has 4 aliphatic heterocycles. The second-order valence-corrected chi connectivity index (χ2v) is 9.45. The Morgan fingerprint density at radius 3 is 2.76 bits per heavy atom. The quantitative estimate of drug-likeness (QED) is 0.770. The van der Waals surface area contributed by atoms with E-state index in [9.17, 15) is 9.50 Å². The largest absolute Gasteiger partial charge is 0.384 e. The van der Waals surface area contributed by atoms with Crippen molar-refractivity contribution in [3.63, 3.8) is 0 Å². The van der Waals surface area contributed by atoms with Crippen LogP contribution in [-0.2, 0) is 30.6 Å². The zero-order valence-electron chi connectivity index (χ0n) is 17.1. The van der Waals surface area contributed by atoms with E-state index in [2.05, 4.69) is 6.92 Å². The van der Waals surface area contributed by atoms with Gasteiger partial charge in [-0.3, -0.25) is 0 Å². The summed E-state index contributed by atoms with van der Waals surface area (Å²) in [5, 5.41) is 11.6. The third-order valence-electron chi connectivity index (χ3n) is 7.50. The number of rotatable bonds is 3. The first-order chi connectivity index (χ1) is 13.8. The van der Waals surface area contributed by atoms with Gasteiger partial charge in [-0.25, -0.2) is 14.2 Å². The number of hydrogen-bond acceptors (Lipinski definition) is 6. The van der Waals surface area contributed by atoms with E-state index in [4.69, 9.17) is 24.0 Å². The van der Waals surface area contributed by atoms with Gasteiger partial charge < -0.3 is 19.3 Å². The number of hydrogen-bond donors (Lipinski definition) is 1. The summed E-state index contributed by atoms with van der Waals surface area (Å²) in [5.41, 5.74) is -1.81. The number of halogens is 1. The third kappa shape index (κ3) is 2.90. The van der Waals surface area contributed by atoms with Crippen molar-refractivity contribution in [1.82, 2.24) is 0 Å². The van der Waals surface area contributed by atoms with Crippen LogP contribution in [0.2, 0.25) is 0 Å². The van der Waals surface area contributed by atoms with Gasteiger partial charge in [0.15, 0.2) is 18.2 Å². The molecular weight excluding hydrogens is 379 g/mol. The van der Waals surface area contributed by atoms with Crippen LogP contribution in [0.5, 0.6) is 0 Å². The molecular formula is C22H29FO6. The topological polar surface area (TPSA) is 66.4 Å². The lowest BCUT2D eigenvalue weighted by Crippen LogP contribution is -2.75. The Balaban J connectivity index is 1.47. The first-order valence-electron chi connectivity index (χ1n) is 10.5. The first-order valence-corrected chi connectivity index (χ1v) is 10.5. The van der Waals surface area contributed by atoms with Gasteiger partial charge in [-0.15, -0.1) is 0 Å². The van der Waals surface area contributed by atoms with Gasteiger partial charge >= 0.3 is 0 Å². The van der Waals surface area contributed by atoms with Crippen molar-refractivity contribution in [3.8, 4) is 0 Å².